The molecule has 0 fully saturated rings. The Morgan fingerprint density at radius 2 is 1.95 bits per heavy atom. The Hall–Kier alpha value is -1.94. The maximum atomic E-state index is 13.9. The second-order valence-electron chi connectivity index (χ2n) is 5.53. The largest absolute Gasteiger partial charge is 0.490 e. The Kier molecular flexibility index (Phi) is 3.41. The minimum absolute atomic E-state index is 0.0841. The SMILES string of the molecule is Cc1cc(C(O)c2ccc3c(c2)CC(C)O3)c(F)cc1F. The van der Waals surface area contributed by atoms with Crippen molar-refractivity contribution in [1.82, 2.24) is 0 Å². The van der Waals surface area contributed by atoms with E-state index in [2.05, 4.69) is 0 Å². The van der Waals surface area contributed by atoms with Crippen molar-refractivity contribution in [3.63, 3.8) is 0 Å². The molecule has 0 saturated carbocycles. The van der Waals surface area contributed by atoms with Crippen molar-refractivity contribution in [2.45, 2.75) is 32.5 Å². The smallest absolute Gasteiger partial charge is 0.132 e. The Bertz CT molecular complexity index is 697. The fourth-order valence-corrected chi connectivity index (χ4v) is 2.68. The van der Waals surface area contributed by atoms with Crippen molar-refractivity contribution in [2.24, 2.45) is 0 Å². The van der Waals surface area contributed by atoms with Crippen LogP contribution in [0.5, 0.6) is 5.75 Å². The molecular weight excluding hydrogens is 274 g/mol. The number of benzene rings is 2. The third-order valence-electron chi connectivity index (χ3n) is 3.81. The Labute approximate surface area is 122 Å². The fourth-order valence-electron chi connectivity index (χ4n) is 2.68. The summed E-state index contributed by atoms with van der Waals surface area (Å²) >= 11 is 0. The van der Waals surface area contributed by atoms with Crippen molar-refractivity contribution < 1.29 is 18.6 Å². The van der Waals surface area contributed by atoms with Crippen molar-refractivity contribution in [1.29, 1.82) is 0 Å². The Morgan fingerprint density at radius 3 is 2.71 bits per heavy atom. The lowest BCUT2D eigenvalue weighted by atomic mass is 9.97. The standard InChI is InChI=1S/C17H16F2O2/c1-9-5-13(15(19)8-14(9)18)17(20)11-3-4-16-12(7-11)6-10(2)21-16/h3-5,7-8,10,17,20H,6H2,1-2H3. The highest BCUT2D eigenvalue weighted by Crippen LogP contribution is 2.33. The summed E-state index contributed by atoms with van der Waals surface area (Å²) in [6.45, 7) is 3.52. The molecule has 0 saturated heterocycles. The number of aryl methyl sites for hydroxylation is 1. The van der Waals surface area contributed by atoms with E-state index < -0.39 is 17.7 Å². The van der Waals surface area contributed by atoms with Gasteiger partial charge in [0.1, 0.15) is 29.6 Å². The number of halogens is 2. The van der Waals surface area contributed by atoms with Crippen molar-refractivity contribution in [3.8, 4) is 5.75 Å². The molecule has 0 radical (unpaired) electrons. The van der Waals surface area contributed by atoms with Crippen molar-refractivity contribution in [2.75, 3.05) is 0 Å². The monoisotopic (exact) mass is 290 g/mol. The maximum Gasteiger partial charge on any atom is 0.132 e. The number of hydrogen-bond donors (Lipinski definition) is 1. The predicted molar refractivity (Wildman–Crippen MR) is 75.4 cm³/mol. The molecule has 1 heterocycles. The van der Waals surface area contributed by atoms with Gasteiger partial charge in [0, 0.05) is 18.1 Å². The summed E-state index contributed by atoms with van der Waals surface area (Å²) in [6, 6.07) is 7.47. The lowest BCUT2D eigenvalue weighted by Crippen LogP contribution is -2.05. The molecule has 2 atom stereocenters. The summed E-state index contributed by atoms with van der Waals surface area (Å²) in [6.07, 6.45) is -0.247. The number of aliphatic hydroxyl groups excluding tert-OH is 1. The van der Waals surface area contributed by atoms with Gasteiger partial charge in [0.25, 0.3) is 0 Å². The summed E-state index contributed by atoms with van der Waals surface area (Å²) < 4.78 is 32.8. The van der Waals surface area contributed by atoms with Gasteiger partial charge in [0.2, 0.25) is 0 Å². The van der Waals surface area contributed by atoms with E-state index in [1.54, 1.807) is 19.1 Å². The molecule has 0 bridgehead atoms. The van der Waals surface area contributed by atoms with Crippen LogP contribution in [-0.4, -0.2) is 11.2 Å². The van der Waals surface area contributed by atoms with E-state index in [1.165, 1.54) is 6.07 Å². The van der Waals surface area contributed by atoms with E-state index in [0.717, 1.165) is 23.8 Å². The van der Waals surface area contributed by atoms with Gasteiger partial charge in [-0.2, -0.15) is 0 Å². The van der Waals surface area contributed by atoms with Gasteiger partial charge < -0.3 is 9.84 Å². The van der Waals surface area contributed by atoms with Crippen LogP contribution >= 0.6 is 0 Å². The molecule has 2 aromatic rings. The van der Waals surface area contributed by atoms with E-state index in [1.807, 2.05) is 13.0 Å². The number of aliphatic hydroxyl groups is 1. The molecule has 1 N–H and O–H groups in total. The zero-order chi connectivity index (χ0) is 15.1. The minimum Gasteiger partial charge on any atom is -0.490 e. The summed E-state index contributed by atoms with van der Waals surface area (Å²) in [4.78, 5) is 0. The molecule has 4 heteroatoms. The van der Waals surface area contributed by atoms with Crippen LogP contribution in [0.15, 0.2) is 30.3 Å². The van der Waals surface area contributed by atoms with Crippen LogP contribution in [-0.2, 0) is 6.42 Å². The van der Waals surface area contributed by atoms with Gasteiger partial charge in [-0.25, -0.2) is 8.78 Å². The highest BCUT2D eigenvalue weighted by Gasteiger charge is 2.22. The van der Waals surface area contributed by atoms with E-state index in [9.17, 15) is 13.9 Å². The molecule has 2 aromatic carbocycles. The van der Waals surface area contributed by atoms with Crippen LogP contribution in [0.2, 0.25) is 0 Å². The van der Waals surface area contributed by atoms with E-state index in [-0.39, 0.29) is 11.7 Å². The second-order valence-corrected chi connectivity index (χ2v) is 5.53. The maximum absolute atomic E-state index is 13.9. The number of fused-ring (bicyclic) bond motifs is 1. The summed E-state index contributed by atoms with van der Waals surface area (Å²) in [7, 11) is 0. The molecule has 2 unspecified atom stereocenters. The van der Waals surface area contributed by atoms with Crippen LogP contribution in [0.3, 0.4) is 0 Å². The van der Waals surface area contributed by atoms with E-state index >= 15 is 0 Å². The lowest BCUT2D eigenvalue weighted by Gasteiger charge is -2.14. The highest BCUT2D eigenvalue weighted by atomic mass is 19.1. The Balaban J connectivity index is 1.98. The van der Waals surface area contributed by atoms with Crippen molar-refractivity contribution in [3.05, 3.63) is 64.2 Å². The average molecular weight is 290 g/mol. The molecule has 2 nitrogen and oxygen atoms in total. The van der Waals surface area contributed by atoms with Crippen LogP contribution in [0.1, 0.15) is 35.3 Å². The molecule has 3 rings (SSSR count). The fraction of sp³-hybridized carbons (Fsp3) is 0.294. The molecule has 0 amide bonds. The summed E-state index contributed by atoms with van der Waals surface area (Å²) in [5.74, 6) is -0.551. The third kappa shape index (κ3) is 2.51. The van der Waals surface area contributed by atoms with Crippen LogP contribution in [0.25, 0.3) is 0 Å². The lowest BCUT2D eigenvalue weighted by molar-refractivity contribution is 0.214. The van der Waals surface area contributed by atoms with Crippen LogP contribution in [0.4, 0.5) is 8.78 Å². The first-order valence-electron chi connectivity index (χ1n) is 6.89. The summed E-state index contributed by atoms with van der Waals surface area (Å²) in [5.41, 5.74) is 1.97. The quantitative estimate of drug-likeness (QED) is 0.914. The average Bonchev–Trinajstić information content (AvgIpc) is 2.81. The van der Waals surface area contributed by atoms with Gasteiger partial charge in [-0.1, -0.05) is 6.07 Å². The first kappa shape index (κ1) is 14.0. The molecule has 21 heavy (non-hydrogen) atoms. The van der Waals surface area contributed by atoms with Gasteiger partial charge in [0.15, 0.2) is 0 Å². The van der Waals surface area contributed by atoms with Crippen molar-refractivity contribution >= 4 is 0 Å². The van der Waals surface area contributed by atoms with Gasteiger partial charge in [-0.3, -0.25) is 0 Å². The molecular formula is C17H16F2O2. The molecule has 1 aliphatic heterocycles. The second kappa shape index (κ2) is 5.11. The highest BCUT2D eigenvalue weighted by molar-refractivity contribution is 5.43. The number of hydrogen-bond acceptors (Lipinski definition) is 2. The first-order chi connectivity index (χ1) is 9.95. The van der Waals surface area contributed by atoms with E-state index in [4.69, 9.17) is 4.74 Å². The number of rotatable bonds is 2. The number of ether oxygens (including phenoxy) is 1. The van der Waals surface area contributed by atoms with Gasteiger partial charge in [-0.15, -0.1) is 0 Å². The molecule has 110 valence electrons. The van der Waals surface area contributed by atoms with Crippen LogP contribution in [0, 0.1) is 18.6 Å². The van der Waals surface area contributed by atoms with Gasteiger partial charge >= 0.3 is 0 Å². The van der Waals surface area contributed by atoms with Crippen LogP contribution < -0.4 is 4.74 Å². The molecule has 0 spiro atoms. The summed E-state index contributed by atoms with van der Waals surface area (Å²) in [5, 5.41) is 10.4. The Morgan fingerprint density at radius 1 is 1.19 bits per heavy atom. The van der Waals surface area contributed by atoms with E-state index in [0.29, 0.717) is 11.1 Å². The topological polar surface area (TPSA) is 29.5 Å². The minimum atomic E-state index is -1.12. The zero-order valence-corrected chi connectivity index (χ0v) is 11.9. The molecule has 0 aliphatic carbocycles. The molecule has 1 aliphatic rings. The predicted octanol–water partition coefficient (Wildman–Crippen LogP) is 3.68. The molecule has 0 aromatic heterocycles. The first-order valence-corrected chi connectivity index (χ1v) is 6.89. The zero-order valence-electron chi connectivity index (χ0n) is 11.9. The normalized spacial score (nSPS) is 18.2. The van der Waals surface area contributed by atoms with Gasteiger partial charge in [-0.05, 0) is 48.7 Å². The van der Waals surface area contributed by atoms with Gasteiger partial charge in [0.05, 0.1) is 0 Å². The third-order valence-corrected chi connectivity index (χ3v) is 3.81.